The van der Waals surface area contributed by atoms with Gasteiger partial charge in [0.2, 0.25) is 0 Å². The average molecular weight is 537 g/mol. The quantitative estimate of drug-likeness (QED) is 0.198. The van der Waals surface area contributed by atoms with Gasteiger partial charge in [0.05, 0.1) is 28.9 Å². The Morgan fingerprint density at radius 2 is 1.88 bits per heavy atom. The number of nitrogens with two attached hydrogens (primary N) is 1. The van der Waals surface area contributed by atoms with Gasteiger partial charge in [0, 0.05) is 17.3 Å². The number of hydrogen-bond acceptors (Lipinski definition) is 7. The minimum Gasteiger partial charge on any atom is -0.508 e. The van der Waals surface area contributed by atoms with E-state index in [2.05, 4.69) is 29.1 Å². The van der Waals surface area contributed by atoms with Crippen molar-refractivity contribution in [1.29, 1.82) is 5.41 Å². The Balaban J connectivity index is 1.64. The third kappa shape index (κ3) is 4.89. The first kappa shape index (κ1) is 26.6. The summed E-state index contributed by atoms with van der Waals surface area (Å²) in [6.07, 6.45) is 1.27. The van der Waals surface area contributed by atoms with Crippen LogP contribution in [-0.4, -0.2) is 25.4 Å². The number of hydrogen-bond donors (Lipinski definition) is 4. The molecule has 5 rings (SSSR count). The van der Waals surface area contributed by atoms with Crippen molar-refractivity contribution >= 4 is 28.1 Å². The Morgan fingerprint density at radius 1 is 1.10 bits per heavy atom. The number of aryl methyl sites for hydroxylation is 1. The molecule has 5 N–H and O–H groups in total. The zero-order valence-electron chi connectivity index (χ0n) is 22.4. The Kier molecular flexibility index (Phi) is 7.04. The van der Waals surface area contributed by atoms with Crippen molar-refractivity contribution in [1.82, 2.24) is 14.5 Å². The number of nitrogen functional groups attached to an aromatic ring is 1. The fraction of sp³-hybridized carbons (Fsp3) is 0.161. The number of benzene rings is 3. The summed E-state index contributed by atoms with van der Waals surface area (Å²) in [5.41, 5.74) is 9.50. The number of nitrogens with one attached hydrogen (secondary N) is 2. The fourth-order valence-electron chi connectivity index (χ4n) is 4.98. The van der Waals surface area contributed by atoms with Crippen LogP contribution < -0.4 is 16.6 Å². The number of phenols is 1. The summed E-state index contributed by atoms with van der Waals surface area (Å²) in [6, 6.07) is 18.9. The van der Waals surface area contributed by atoms with E-state index in [1.54, 1.807) is 4.57 Å². The highest BCUT2D eigenvalue weighted by molar-refractivity contribution is 6.16. The van der Waals surface area contributed by atoms with E-state index in [1.165, 1.54) is 12.4 Å². The molecule has 9 heteroatoms. The predicted octanol–water partition coefficient (Wildman–Crippen LogP) is 5.67. The zero-order valence-corrected chi connectivity index (χ0v) is 22.4. The van der Waals surface area contributed by atoms with E-state index in [4.69, 9.17) is 11.1 Å². The summed E-state index contributed by atoms with van der Waals surface area (Å²) in [5.74, 6) is -0.578. The van der Waals surface area contributed by atoms with Crippen LogP contribution in [-0.2, 0) is 6.54 Å². The summed E-state index contributed by atoms with van der Waals surface area (Å²) in [6.45, 7) is 6.25. The number of anilines is 2. The van der Waals surface area contributed by atoms with Crippen molar-refractivity contribution in [2.24, 2.45) is 0 Å². The summed E-state index contributed by atoms with van der Waals surface area (Å²) >= 11 is 0. The van der Waals surface area contributed by atoms with Gasteiger partial charge < -0.3 is 16.2 Å². The van der Waals surface area contributed by atoms with Gasteiger partial charge in [-0.3, -0.25) is 14.8 Å². The maximum absolute atomic E-state index is 14.0. The summed E-state index contributed by atoms with van der Waals surface area (Å²) < 4.78 is 15.7. The summed E-state index contributed by atoms with van der Waals surface area (Å²) in [7, 11) is 0. The van der Waals surface area contributed by atoms with Crippen molar-refractivity contribution in [3.8, 4) is 11.4 Å². The van der Waals surface area contributed by atoms with Crippen LogP contribution in [0.1, 0.15) is 47.7 Å². The molecule has 2 heterocycles. The average Bonchev–Trinajstić information content (AvgIpc) is 2.91. The van der Waals surface area contributed by atoms with Crippen LogP contribution in [0.25, 0.3) is 16.5 Å². The number of aromatic hydroxyl groups is 1. The van der Waals surface area contributed by atoms with Gasteiger partial charge in [0.25, 0.3) is 5.56 Å². The molecule has 0 saturated heterocycles. The van der Waals surface area contributed by atoms with Crippen LogP contribution >= 0.6 is 0 Å². The van der Waals surface area contributed by atoms with Gasteiger partial charge in [-0.05, 0) is 53.6 Å². The second kappa shape index (κ2) is 10.6. The van der Waals surface area contributed by atoms with Crippen molar-refractivity contribution in [3.05, 3.63) is 117 Å². The van der Waals surface area contributed by atoms with Crippen LogP contribution in [0.15, 0.2) is 77.9 Å². The summed E-state index contributed by atoms with van der Waals surface area (Å²) in [4.78, 5) is 22.4. The van der Waals surface area contributed by atoms with Crippen molar-refractivity contribution in [2.45, 2.75) is 33.2 Å². The lowest BCUT2D eigenvalue weighted by Gasteiger charge is -2.21. The van der Waals surface area contributed by atoms with Gasteiger partial charge in [-0.1, -0.05) is 50.2 Å². The van der Waals surface area contributed by atoms with Crippen LogP contribution in [0.2, 0.25) is 0 Å². The maximum Gasteiger partial charge on any atom is 0.263 e. The van der Waals surface area contributed by atoms with Gasteiger partial charge in [-0.15, -0.1) is 0 Å². The molecule has 0 fully saturated rings. The van der Waals surface area contributed by atoms with Crippen LogP contribution in [0.3, 0.4) is 0 Å². The molecule has 8 nitrogen and oxygen atoms in total. The third-order valence-corrected chi connectivity index (χ3v) is 6.87. The summed E-state index contributed by atoms with van der Waals surface area (Å²) in [5, 5.41) is 23.3. The van der Waals surface area contributed by atoms with Crippen LogP contribution in [0.5, 0.6) is 5.75 Å². The number of rotatable bonds is 7. The first-order chi connectivity index (χ1) is 19.2. The van der Waals surface area contributed by atoms with Gasteiger partial charge in [-0.25, -0.2) is 14.4 Å². The van der Waals surface area contributed by atoms with E-state index < -0.39 is 5.82 Å². The number of para-hydroxylation sites is 1. The van der Waals surface area contributed by atoms with E-state index in [0.717, 1.165) is 34.3 Å². The molecule has 3 aromatic carbocycles. The van der Waals surface area contributed by atoms with Crippen LogP contribution in [0, 0.1) is 18.2 Å². The van der Waals surface area contributed by atoms with Crippen molar-refractivity contribution < 1.29 is 9.50 Å². The predicted molar refractivity (Wildman–Crippen MR) is 156 cm³/mol. The zero-order chi connectivity index (χ0) is 28.6. The Hall–Kier alpha value is -5.05. The molecule has 0 saturated carbocycles. The fourth-order valence-corrected chi connectivity index (χ4v) is 4.98. The van der Waals surface area contributed by atoms with Crippen molar-refractivity contribution in [2.75, 3.05) is 11.1 Å². The molecule has 0 aliphatic heterocycles. The molecular formula is C31H29FN6O2. The molecule has 0 bridgehead atoms. The topological polar surface area (TPSA) is 130 Å². The molecule has 202 valence electrons. The normalized spacial score (nSPS) is 11.2. The maximum atomic E-state index is 14.0. The number of halogens is 1. The molecular weight excluding hydrogens is 507 g/mol. The lowest BCUT2D eigenvalue weighted by Crippen LogP contribution is -2.25. The lowest BCUT2D eigenvalue weighted by atomic mass is 9.99. The molecule has 2 aromatic heterocycles. The second-order valence-corrected chi connectivity index (χ2v) is 9.94. The molecule has 0 unspecified atom stereocenters. The monoisotopic (exact) mass is 536 g/mol. The van der Waals surface area contributed by atoms with Crippen LogP contribution in [0.4, 0.5) is 16.0 Å². The highest BCUT2D eigenvalue weighted by atomic mass is 19.1. The molecule has 0 spiro atoms. The first-order valence-electron chi connectivity index (χ1n) is 12.8. The third-order valence-electron chi connectivity index (χ3n) is 6.87. The number of pyridine rings is 1. The van der Waals surface area contributed by atoms with E-state index in [9.17, 15) is 14.3 Å². The van der Waals surface area contributed by atoms with Gasteiger partial charge in [0.1, 0.15) is 29.5 Å². The van der Waals surface area contributed by atoms with E-state index in [0.29, 0.717) is 11.1 Å². The minimum atomic E-state index is -0.691. The molecule has 0 aliphatic rings. The largest absolute Gasteiger partial charge is 0.508 e. The molecule has 0 atom stereocenters. The second-order valence-electron chi connectivity index (χ2n) is 9.94. The van der Waals surface area contributed by atoms with E-state index in [-0.39, 0.29) is 52.2 Å². The lowest BCUT2D eigenvalue weighted by molar-refractivity contribution is 0.469. The van der Waals surface area contributed by atoms with Gasteiger partial charge in [-0.2, -0.15) is 0 Å². The van der Waals surface area contributed by atoms with E-state index >= 15 is 0 Å². The number of nitrogens with zero attached hydrogens (tertiary/aromatic N) is 3. The molecule has 0 aliphatic carbocycles. The standard InChI is InChI=1S/C31H29FN6O2/c1-17(2)24-9-4-5-10-25(24)38-22(12-19-8-6-7-18(3)26(19)31(38)40)15-35-30-27(29(34)36-16-37-30)28(33)20-11-21(32)14-23(39)13-20/h4-14,16-17,33,39H,15H2,1-3H3,(H3,34,35,36,37). The molecule has 40 heavy (non-hydrogen) atoms. The SMILES string of the molecule is Cc1cccc2cc(CNc3ncnc(N)c3C(=N)c3cc(O)cc(F)c3)n(-c3ccccc3C(C)C)c(=O)c12. The first-order valence-corrected chi connectivity index (χ1v) is 12.8. The highest BCUT2D eigenvalue weighted by Crippen LogP contribution is 2.28. The number of phenolic OH excluding ortho intramolecular Hbond substituents is 1. The number of aromatic nitrogens is 3. The van der Waals surface area contributed by atoms with Gasteiger partial charge in [0.15, 0.2) is 0 Å². The Bertz CT molecular complexity index is 1810. The molecule has 0 radical (unpaired) electrons. The number of fused-ring (bicyclic) bond motifs is 1. The Morgan fingerprint density at radius 3 is 2.62 bits per heavy atom. The molecule has 0 amide bonds. The Labute approximate surface area is 230 Å². The highest BCUT2D eigenvalue weighted by Gasteiger charge is 2.20. The minimum absolute atomic E-state index is 0.0166. The van der Waals surface area contributed by atoms with Crippen molar-refractivity contribution in [3.63, 3.8) is 0 Å². The van der Waals surface area contributed by atoms with E-state index in [1.807, 2.05) is 55.5 Å². The molecule has 5 aromatic rings. The van der Waals surface area contributed by atoms with Gasteiger partial charge >= 0.3 is 0 Å². The smallest absolute Gasteiger partial charge is 0.263 e.